The van der Waals surface area contributed by atoms with Gasteiger partial charge in [-0.25, -0.2) is 0 Å². The standard InChI is InChI=1S/C19H36F3N5.HI/c1-3-23-18(24-8-4-9-26-10-5-16(2)6-11-26)25-13-17-7-12-27(14-17)15-19(20,21)22;/h16-17H,3-15H2,1-2H3,(H2,23,24,25);1H. The van der Waals surface area contributed by atoms with Crippen LogP contribution < -0.4 is 10.6 Å². The van der Waals surface area contributed by atoms with Crippen LogP contribution in [-0.2, 0) is 0 Å². The van der Waals surface area contributed by atoms with Crippen LogP contribution in [0, 0.1) is 11.8 Å². The number of rotatable bonds is 8. The van der Waals surface area contributed by atoms with Gasteiger partial charge in [0.15, 0.2) is 5.96 Å². The van der Waals surface area contributed by atoms with E-state index in [1.807, 2.05) is 6.92 Å². The third kappa shape index (κ3) is 10.5. The summed E-state index contributed by atoms with van der Waals surface area (Å²) >= 11 is 0. The maximum absolute atomic E-state index is 12.5. The molecule has 2 aliphatic heterocycles. The molecule has 0 bridgehead atoms. The Bertz CT molecular complexity index is 453. The van der Waals surface area contributed by atoms with Crippen molar-refractivity contribution in [1.82, 2.24) is 20.4 Å². The van der Waals surface area contributed by atoms with Crippen molar-refractivity contribution in [3.8, 4) is 0 Å². The largest absolute Gasteiger partial charge is 0.401 e. The van der Waals surface area contributed by atoms with Gasteiger partial charge in [0.2, 0.25) is 0 Å². The van der Waals surface area contributed by atoms with Gasteiger partial charge in [-0.2, -0.15) is 13.2 Å². The fraction of sp³-hybridized carbons (Fsp3) is 0.947. The summed E-state index contributed by atoms with van der Waals surface area (Å²) in [7, 11) is 0. The highest BCUT2D eigenvalue weighted by molar-refractivity contribution is 14.0. The normalized spacial score (nSPS) is 22.9. The van der Waals surface area contributed by atoms with Crippen molar-refractivity contribution in [3.63, 3.8) is 0 Å². The molecular formula is C19H37F3IN5. The van der Waals surface area contributed by atoms with E-state index in [0.717, 1.165) is 44.4 Å². The van der Waals surface area contributed by atoms with E-state index >= 15 is 0 Å². The quantitative estimate of drug-likeness (QED) is 0.224. The van der Waals surface area contributed by atoms with E-state index in [1.165, 1.54) is 30.8 Å². The van der Waals surface area contributed by atoms with Gasteiger partial charge in [0.05, 0.1) is 6.54 Å². The maximum Gasteiger partial charge on any atom is 0.401 e. The fourth-order valence-electron chi connectivity index (χ4n) is 3.82. The minimum atomic E-state index is -4.11. The van der Waals surface area contributed by atoms with Crippen LogP contribution in [0.25, 0.3) is 0 Å². The minimum absolute atomic E-state index is 0. The Morgan fingerprint density at radius 1 is 1.07 bits per heavy atom. The van der Waals surface area contributed by atoms with Crippen LogP contribution in [0.3, 0.4) is 0 Å². The third-order valence-electron chi connectivity index (χ3n) is 5.44. The Kier molecular flexibility index (Phi) is 12.0. The molecule has 0 amide bonds. The SMILES string of the molecule is CCNC(=NCC1CCN(CC(F)(F)F)C1)NCCCN1CCC(C)CC1.I. The molecule has 2 fully saturated rings. The van der Waals surface area contributed by atoms with Gasteiger partial charge in [-0.3, -0.25) is 9.89 Å². The number of alkyl halides is 3. The molecule has 0 saturated carbocycles. The van der Waals surface area contributed by atoms with Crippen LogP contribution >= 0.6 is 24.0 Å². The summed E-state index contributed by atoms with van der Waals surface area (Å²) < 4.78 is 37.4. The first-order chi connectivity index (χ1) is 12.9. The second-order valence-electron chi connectivity index (χ2n) is 8.03. The molecule has 0 aliphatic carbocycles. The zero-order chi connectivity index (χ0) is 19.7. The summed E-state index contributed by atoms with van der Waals surface area (Å²) in [6.07, 6.45) is 0.337. The van der Waals surface area contributed by atoms with Gasteiger partial charge in [0.1, 0.15) is 0 Å². The van der Waals surface area contributed by atoms with Crippen LogP contribution in [0.5, 0.6) is 0 Å². The molecule has 2 aliphatic rings. The molecular weight excluding hydrogens is 482 g/mol. The summed E-state index contributed by atoms with van der Waals surface area (Å²) in [5.74, 6) is 1.84. The number of hydrogen-bond acceptors (Lipinski definition) is 3. The van der Waals surface area contributed by atoms with Crippen LogP contribution in [-0.4, -0.2) is 80.8 Å². The Morgan fingerprint density at radius 3 is 2.39 bits per heavy atom. The predicted octanol–water partition coefficient (Wildman–Crippen LogP) is 3.17. The molecule has 0 spiro atoms. The maximum atomic E-state index is 12.5. The Labute approximate surface area is 184 Å². The van der Waals surface area contributed by atoms with E-state index in [2.05, 4.69) is 27.4 Å². The van der Waals surface area contributed by atoms with Gasteiger partial charge in [-0.15, -0.1) is 24.0 Å². The number of nitrogens with zero attached hydrogens (tertiary/aromatic N) is 3. The molecule has 2 heterocycles. The van der Waals surface area contributed by atoms with Gasteiger partial charge in [0.25, 0.3) is 0 Å². The summed E-state index contributed by atoms with van der Waals surface area (Å²) in [5.41, 5.74) is 0. The molecule has 0 radical (unpaired) electrons. The summed E-state index contributed by atoms with van der Waals surface area (Å²) in [6.45, 7) is 10.3. The number of hydrogen-bond donors (Lipinski definition) is 2. The van der Waals surface area contributed by atoms with Crippen LogP contribution in [0.4, 0.5) is 13.2 Å². The monoisotopic (exact) mass is 519 g/mol. The molecule has 2 rings (SSSR count). The fourth-order valence-corrected chi connectivity index (χ4v) is 3.82. The van der Waals surface area contributed by atoms with Crippen LogP contribution in [0.15, 0.2) is 4.99 Å². The first kappa shape index (κ1) is 25.7. The topological polar surface area (TPSA) is 42.9 Å². The van der Waals surface area contributed by atoms with Gasteiger partial charge in [-0.1, -0.05) is 6.92 Å². The highest BCUT2D eigenvalue weighted by Crippen LogP contribution is 2.22. The van der Waals surface area contributed by atoms with E-state index in [0.29, 0.717) is 19.6 Å². The molecule has 0 aromatic carbocycles. The first-order valence-corrected chi connectivity index (χ1v) is 10.4. The second-order valence-corrected chi connectivity index (χ2v) is 8.03. The van der Waals surface area contributed by atoms with Crippen molar-refractivity contribution in [2.24, 2.45) is 16.8 Å². The van der Waals surface area contributed by atoms with Crippen LogP contribution in [0.1, 0.15) is 39.5 Å². The highest BCUT2D eigenvalue weighted by Gasteiger charge is 2.34. The molecule has 166 valence electrons. The number of guanidine groups is 1. The van der Waals surface area contributed by atoms with E-state index in [-0.39, 0.29) is 29.9 Å². The third-order valence-corrected chi connectivity index (χ3v) is 5.44. The van der Waals surface area contributed by atoms with E-state index in [1.54, 1.807) is 0 Å². The summed E-state index contributed by atoms with van der Waals surface area (Å²) in [5, 5.41) is 6.59. The van der Waals surface area contributed by atoms with Crippen molar-refractivity contribution in [2.75, 3.05) is 58.9 Å². The summed E-state index contributed by atoms with van der Waals surface area (Å²) in [6, 6.07) is 0. The lowest BCUT2D eigenvalue weighted by molar-refractivity contribution is -0.143. The van der Waals surface area contributed by atoms with Crippen LogP contribution in [0.2, 0.25) is 0 Å². The van der Waals surface area contributed by atoms with Gasteiger partial charge >= 0.3 is 6.18 Å². The zero-order valence-electron chi connectivity index (χ0n) is 17.2. The van der Waals surface area contributed by atoms with Gasteiger partial charge in [-0.05, 0) is 70.6 Å². The molecule has 9 heteroatoms. The average molecular weight is 519 g/mol. The molecule has 1 unspecified atom stereocenters. The summed E-state index contributed by atoms with van der Waals surface area (Å²) in [4.78, 5) is 8.61. The number of likely N-dealkylation sites (tertiary alicyclic amines) is 2. The lowest BCUT2D eigenvalue weighted by atomic mass is 9.99. The number of halogens is 4. The molecule has 2 N–H and O–H groups in total. The Morgan fingerprint density at radius 2 is 1.75 bits per heavy atom. The smallest absolute Gasteiger partial charge is 0.357 e. The lowest BCUT2D eigenvalue weighted by Gasteiger charge is -2.30. The van der Waals surface area contributed by atoms with E-state index < -0.39 is 12.7 Å². The number of aliphatic imine (C=N–C) groups is 1. The lowest BCUT2D eigenvalue weighted by Crippen LogP contribution is -2.40. The van der Waals surface area contributed by atoms with Crippen molar-refractivity contribution >= 4 is 29.9 Å². The van der Waals surface area contributed by atoms with Gasteiger partial charge < -0.3 is 15.5 Å². The average Bonchev–Trinajstić information content (AvgIpc) is 3.03. The molecule has 0 aromatic rings. The molecule has 5 nitrogen and oxygen atoms in total. The van der Waals surface area contributed by atoms with Crippen molar-refractivity contribution in [1.29, 1.82) is 0 Å². The van der Waals surface area contributed by atoms with Crippen molar-refractivity contribution in [2.45, 2.75) is 45.7 Å². The Hall–Kier alpha value is -0.290. The minimum Gasteiger partial charge on any atom is -0.357 e. The molecule has 28 heavy (non-hydrogen) atoms. The number of piperidine rings is 1. The highest BCUT2D eigenvalue weighted by atomic mass is 127. The Balaban J connectivity index is 0.00000392. The number of nitrogens with one attached hydrogen (secondary N) is 2. The molecule has 2 saturated heterocycles. The zero-order valence-corrected chi connectivity index (χ0v) is 19.6. The van der Waals surface area contributed by atoms with Crippen molar-refractivity contribution in [3.05, 3.63) is 0 Å². The van der Waals surface area contributed by atoms with E-state index in [4.69, 9.17) is 0 Å². The van der Waals surface area contributed by atoms with E-state index in [9.17, 15) is 13.2 Å². The first-order valence-electron chi connectivity index (χ1n) is 10.4. The second kappa shape index (κ2) is 13.1. The molecule has 1 atom stereocenters. The van der Waals surface area contributed by atoms with Gasteiger partial charge in [0, 0.05) is 26.2 Å². The molecule has 0 aromatic heterocycles. The van der Waals surface area contributed by atoms with Crippen molar-refractivity contribution < 1.29 is 13.2 Å². The predicted molar refractivity (Wildman–Crippen MR) is 119 cm³/mol.